The zero-order valence-electron chi connectivity index (χ0n) is 18.0. The minimum Gasteiger partial charge on any atom is -0.483 e. The zero-order chi connectivity index (χ0) is 24.9. The third kappa shape index (κ3) is 5.81. The summed E-state index contributed by atoms with van der Waals surface area (Å²) >= 11 is 0. The van der Waals surface area contributed by atoms with Crippen molar-refractivity contribution in [3.63, 3.8) is 0 Å². The average Bonchev–Trinajstić information content (AvgIpc) is 2.80. The van der Waals surface area contributed by atoms with Crippen LogP contribution in [0.25, 0.3) is 0 Å². The number of nitrogens with zero attached hydrogens (tertiary/aromatic N) is 1. The molecule has 0 saturated carbocycles. The van der Waals surface area contributed by atoms with E-state index in [0.717, 1.165) is 11.6 Å². The molecule has 1 aliphatic rings. The molecule has 1 aromatic heterocycles. The first kappa shape index (κ1) is 25.0. The van der Waals surface area contributed by atoms with Crippen LogP contribution in [0.2, 0.25) is 0 Å². The van der Waals surface area contributed by atoms with Gasteiger partial charge in [0.15, 0.2) is 5.75 Å². The highest BCUT2D eigenvalue weighted by molar-refractivity contribution is 7.51. The van der Waals surface area contributed by atoms with Crippen molar-refractivity contribution in [1.29, 1.82) is 0 Å². The lowest BCUT2D eigenvalue weighted by atomic mass is 10.0. The minimum absolute atomic E-state index is 0.0361. The monoisotopic (exact) mass is 494 g/mol. The molecule has 13 nitrogen and oxygen atoms in total. The molecule has 2 heterocycles. The van der Waals surface area contributed by atoms with E-state index in [4.69, 9.17) is 14.4 Å². The van der Waals surface area contributed by atoms with Gasteiger partial charge >= 0.3 is 13.8 Å². The highest BCUT2D eigenvalue weighted by Crippen LogP contribution is 2.52. The summed E-state index contributed by atoms with van der Waals surface area (Å²) in [5.74, 6) is -1.52. The zero-order valence-corrected chi connectivity index (χ0v) is 18.9. The molecule has 5 N–H and O–H groups in total. The Morgan fingerprint density at radius 3 is 2.56 bits per heavy atom. The predicted octanol–water partition coefficient (Wildman–Crippen LogP) is 0.668. The normalized spacial score (nSPS) is 19.0. The summed E-state index contributed by atoms with van der Waals surface area (Å²) in [6.45, 7) is 0.944. The predicted molar refractivity (Wildman–Crippen MR) is 117 cm³/mol. The van der Waals surface area contributed by atoms with Crippen molar-refractivity contribution in [3.05, 3.63) is 64.1 Å². The van der Waals surface area contributed by atoms with Crippen LogP contribution >= 0.6 is 7.75 Å². The molecule has 3 rings (SSSR count). The first-order valence-corrected chi connectivity index (χ1v) is 11.6. The lowest BCUT2D eigenvalue weighted by Crippen LogP contribution is -2.68. The third-order valence-electron chi connectivity index (χ3n) is 4.92. The number of rotatable bonds is 10. The summed E-state index contributed by atoms with van der Waals surface area (Å²) in [4.78, 5) is 59.7. The smallest absolute Gasteiger partial charge is 0.435 e. The SMILES string of the molecule is C[C@H]1C(NC(=O)O)C(=O)N1P(=O)(O)OCCNC(=O)c1cc(=O)c(OCc2ccccc2)c[nH]1. The van der Waals surface area contributed by atoms with Crippen LogP contribution in [0.5, 0.6) is 5.75 Å². The molecule has 3 amide bonds. The summed E-state index contributed by atoms with van der Waals surface area (Å²) in [6, 6.07) is 8.24. The van der Waals surface area contributed by atoms with Gasteiger partial charge < -0.3 is 30.4 Å². The lowest BCUT2D eigenvalue weighted by Gasteiger charge is -2.45. The molecular formula is C20H23N4O9P. The van der Waals surface area contributed by atoms with Gasteiger partial charge in [0.25, 0.3) is 11.8 Å². The van der Waals surface area contributed by atoms with E-state index in [9.17, 15) is 28.6 Å². The quantitative estimate of drug-likeness (QED) is 0.180. The maximum absolute atomic E-state index is 12.3. The molecule has 1 aliphatic heterocycles. The number of aromatic amines is 1. The van der Waals surface area contributed by atoms with Crippen LogP contribution in [0.15, 0.2) is 47.4 Å². The third-order valence-corrected chi connectivity index (χ3v) is 6.54. The van der Waals surface area contributed by atoms with Crippen molar-refractivity contribution in [3.8, 4) is 5.75 Å². The van der Waals surface area contributed by atoms with Crippen molar-refractivity contribution in [2.45, 2.75) is 25.6 Å². The topological polar surface area (TPSA) is 187 Å². The number of β-lactam (4-membered cyclic amide) rings is 1. The molecule has 2 unspecified atom stereocenters. The summed E-state index contributed by atoms with van der Waals surface area (Å²) in [7, 11) is -4.54. The molecule has 0 spiro atoms. The number of hydrogen-bond acceptors (Lipinski definition) is 7. The number of amides is 3. The molecule has 2 aromatic rings. The molecule has 34 heavy (non-hydrogen) atoms. The number of pyridine rings is 1. The Kier molecular flexibility index (Phi) is 7.72. The van der Waals surface area contributed by atoms with Crippen LogP contribution in [0.4, 0.5) is 4.79 Å². The molecule has 14 heteroatoms. The van der Waals surface area contributed by atoms with Gasteiger partial charge in [-0.05, 0) is 12.5 Å². The van der Waals surface area contributed by atoms with E-state index in [1.807, 2.05) is 35.6 Å². The first-order valence-electron chi connectivity index (χ1n) is 10.1. The molecule has 1 saturated heterocycles. The van der Waals surface area contributed by atoms with Crippen LogP contribution in [-0.4, -0.2) is 62.8 Å². The van der Waals surface area contributed by atoms with E-state index >= 15 is 0 Å². The second kappa shape index (κ2) is 10.5. The first-order chi connectivity index (χ1) is 16.1. The van der Waals surface area contributed by atoms with Crippen molar-refractivity contribution in [2.24, 2.45) is 0 Å². The van der Waals surface area contributed by atoms with Gasteiger partial charge in [-0.3, -0.25) is 18.9 Å². The van der Waals surface area contributed by atoms with E-state index in [1.165, 1.54) is 13.1 Å². The van der Waals surface area contributed by atoms with E-state index in [2.05, 4.69) is 10.3 Å². The number of H-pyrrole nitrogens is 1. The summed E-state index contributed by atoms with van der Waals surface area (Å²) < 4.78 is 23.2. The Hall–Kier alpha value is -3.67. The van der Waals surface area contributed by atoms with E-state index in [-0.39, 0.29) is 24.6 Å². The molecule has 1 aromatic carbocycles. The summed E-state index contributed by atoms with van der Waals surface area (Å²) in [5, 5.41) is 13.0. The largest absolute Gasteiger partial charge is 0.483 e. The standard InChI is InChI=1S/C20H23N4O9P/c1-12-17(23-20(28)29)19(27)24(12)34(30,31)33-8-7-21-18(26)14-9-15(25)16(10-22-14)32-11-13-5-3-2-4-6-13/h2-6,9-10,12,17,23H,7-8,11H2,1H3,(H,21,26)(H,22,25)(H,28,29)(H,30,31)/t12-,17?/m0/s1. The Labute approximate surface area is 193 Å². The van der Waals surface area contributed by atoms with Crippen LogP contribution < -0.4 is 20.8 Å². The maximum Gasteiger partial charge on any atom is 0.435 e. The number of aromatic nitrogens is 1. The maximum atomic E-state index is 12.3. The van der Waals surface area contributed by atoms with E-state index in [0.29, 0.717) is 4.67 Å². The Morgan fingerprint density at radius 2 is 1.94 bits per heavy atom. The van der Waals surface area contributed by atoms with Gasteiger partial charge in [-0.25, -0.2) is 14.0 Å². The van der Waals surface area contributed by atoms with Gasteiger partial charge in [-0.15, -0.1) is 0 Å². The number of carbonyl (C=O) groups excluding carboxylic acids is 2. The van der Waals surface area contributed by atoms with Crippen LogP contribution in [0.3, 0.4) is 0 Å². The molecule has 0 bridgehead atoms. The molecular weight excluding hydrogens is 471 g/mol. The highest BCUT2D eigenvalue weighted by Gasteiger charge is 2.54. The summed E-state index contributed by atoms with van der Waals surface area (Å²) in [6.07, 6.45) is -0.174. The summed E-state index contributed by atoms with van der Waals surface area (Å²) in [5.41, 5.74) is 0.303. The fourth-order valence-corrected chi connectivity index (χ4v) is 4.62. The van der Waals surface area contributed by atoms with Crippen LogP contribution in [-0.2, 0) is 20.5 Å². The number of benzene rings is 1. The van der Waals surface area contributed by atoms with Gasteiger partial charge in [-0.2, -0.15) is 0 Å². The molecule has 0 aliphatic carbocycles. The average molecular weight is 494 g/mol. The number of nitrogens with one attached hydrogen (secondary N) is 3. The van der Waals surface area contributed by atoms with E-state index in [1.54, 1.807) is 0 Å². The molecule has 1 fully saturated rings. The van der Waals surface area contributed by atoms with Gasteiger partial charge in [0.2, 0.25) is 5.43 Å². The Bertz CT molecular complexity index is 1170. The van der Waals surface area contributed by atoms with E-state index < -0.39 is 49.8 Å². The van der Waals surface area contributed by atoms with Gasteiger partial charge in [0.1, 0.15) is 18.3 Å². The lowest BCUT2D eigenvalue weighted by molar-refractivity contribution is -0.142. The van der Waals surface area contributed by atoms with Gasteiger partial charge in [0, 0.05) is 18.8 Å². The highest BCUT2D eigenvalue weighted by atomic mass is 31.2. The van der Waals surface area contributed by atoms with Gasteiger partial charge in [-0.1, -0.05) is 30.3 Å². The number of carboxylic acid groups (broad SMARTS) is 1. The number of ether oxygens (including phenoxy) is 1. The van der Waals surface area contributed by atoms with Crippen molar-refractivity contribution in [1.82, 2.24) is 20.3 Å². The second-order valence-corrected chi connectivity index (χ2v) is 8.95. The van der Waals surface area contributed by atoms with Gasteiger partial charge in [0.05, 0.1) is 12.6 Å². The molecule has 182 valence electrons. The molecule has 3 atom stereocenters. The fourth-order valence-electron chi connectivity index (χ4n) is 3.20. The van der Waals surface area contributed by atoms with Crippen molar-refractivity contribution < 1.29 is 38.2 Å². The minimum atomic E-state index is -4.54. The fraction of sp³-hybridized carbons (Fsp3) is 0.300. The second-order valence-electron chi connectivity index (χ2n) is 7.28. The Morgan fingerprint density at radius 1 is 1.24 bits per heavy atom. The van der Waals surface area contributed by atoms with Crippen LogP contribution in [0, 0.1) is 0 Å². The van der Waals surface area contributed by atoms with Crippen molar-refractivity contribution in [2.75, 3.05) is 13.2 Å². The molecule has 0 radical (unpaired) electrons. The number of carbonyl (C=O) groups is 3. The Balaban J connectivity index is 1.46. The number of hydrogen-bond donors (Lipinski definition) is 5. The van der Waals surface area contributed by atoms with Crippen LogP contribution in [0.1, 0.15) is 23.0 Å². The van der Waals surface area contributed by atoms with Crippen molar-refractivity contribution >= 4 is 25.7 Å².